The highest BCUT2D eigenvalue weighted by Gasteiger charge is 2.65. The van der Waals surface area contributed by atoms with Crippen LogP contribution in [0.15, 0.2) is 18.5 Å². The predicted octanol–water partition coefficient (Wildman–Crippen LogP) is 2.47. The minimum absolute atomic E-state index is 0.116. The van der Waals surface area contributed by atoms with Crippen LogP contribution in [0.5, 0.6) is 0 Å². The molecule has 1 atom stereocenters. The molecule has 4 aliphatic heterocycles. The molecule has 1 unspecified atom stereocenters. The van der Waals surface area contributed by atoms with Crippen molar-refractivity contribution >= 4 is 23.9 Å². The summed E-state index contributed by atoms with van der Waals surface area (Å²) < 4.78 is 31.7. The van der Waals surface area contributed by atoms with E-state index in [-0.39, 0.29) is 16.9 Å². The molecule has 0 aliphatic carbocycles. The van der Waals surface area contributed by atoms with Gasteiger partial charge >= 0.3 is 18.2 Å². The minimum Gasteiger partial charge on any atom is -0.475 e. The molecule has 4 aliphatic rings. The predicted molar refractivity (Wildman–Crippen MR) is 127 cm³/mol. The van der Waals surface area contributed by atoms with Gasteiger partial charge in [-0.25, -0.2) is 19.6 Å². The van der Waals surface area contributed by atoms with Gasteiger partial charge in [-0.05, 0) is 45.1 Å². The molecule has 2 spiro atoms. The van der Waals surface area contributed by atoms with E-state index >= 15 is 0 Å². The van der Waals surface area contributed by atoms with Gasteiger partial charge < -0.3 is 24.7 Å². The molecule has 10 nitrogen and oxygen atoms in total. The summed E-state index contributed by atoms with van der Waals surface area (Å²) in [4.78, 5) is 52.6. The molecular weight excluding hydrogens is 493 g/mol. The molecular formula is C24H33F3N6O4. The normalized spacial score (nSPS) is 25.1. The third-order valence-electron chi connectivity index (χ3n) is 8.30. The highest BCUT2D eigenvalue weighted by Crippen LogP contribution is 2.58. The fourth-order valence-electron chi connectivity index (χ4n) is 6.31. The summed E-state index contributed by atoms with van der Waals surface area (Å²) >= 11 is 0. The minimum atomic E-state index is -5.08. The number of carbonyl (C=O) groups excluding carboxylic acids is 2. The Morgan fingerprint density at radius 2 is 1.54 bits per heavy atom. The number of aromatic nitrogens is 2. The number of amides is 3. The van der Waals surface area contributed by atoms with Crippen molar-refractivity contribution in [3.8, 4) is 0 Å². The highest BCUT2D eigenvalue weighted by molar-refractivity contribution is 5.87. The molecule has 1 aromatic heterocycles. The van der Waals surface area contributed by atoms with Crippen molar-refractivity contribution in [3.05, 3.63) is 18.5 Å². The largest absolute Gasteiger partial charge is 0.490 e. The van der Waals surface area contributed by atoms with E-state index in [0.29, 0.717) is 18.4 Å². The van der Waals surface area contributed by atoms with Crippen LogP contribution in [-0.4, -0.2) is 106 Å². The number of carboxylic acid groups (broad SMARTS) is 1. The molecule has 5 heterocycles. The number of likely N-dealkylation sites (tertiary alicyclic amines) is 3. The average Bonchev–Trinajstić information content (AvgIpc) is 3.60. The van der Waals surface area contributed by atoms with Gasteiger partial charge in [-0.1, -0.05) is 0 Å². The van der Waals surface area contributed by atoms with E-state index in [2.05, 4.69) is 21.8 Å². The number of rotatable bonds is 2. The number of fused-ring (bicyclic) bond motifs is 1. The number of halogens is 3. The molecule has 3 amide bonds. The van der Waals surface area contributed by atoms with Crippen LogP contribution in [0, 0.1) is 10.8 Å². The number of anilines is 1. The van der Waals surface area contributed by atoms with Crippen LogP contribution in [0.3, 0.4) is 0 Å². The third-order valence-corrected chi connectivity index (χ3v) is 8.30. The number of carbonyl (C=O) groups is 3. The highest BCUT2D eigenvalue weighted by atomic mass is 19.4. The lowest BCUT2D eigenvalue weighted by molar-refractivity contribution is -0.192. The number of aliphatic carboxylic acids is 1. The molecule has 4 saturated heterocycles. The van der Waals surface area contributed by atoms with Crippen LogP contribution in [0.1, 0.15) is 39.0 Å². The summed E-state index contributed by atoms with van der Waals surface area (Å²) in [5.41, 5.74) is -0.500. The first kappa shape index (κ1) is 26.9. The maximum absolute atomic E-state index is 13.6. The van der Waals surface area contributed by atoms with Crippen LogP contribution in [0.25, 0.3) is 0 Å². The zero-order valence-electron chi connectivity index (χ0n) is 20.9. The Kier molecular flexibility index (Phi) is 7.52. The van der Waals surface area contributed by atoms with E-state index in [1.54, 1.807) is 12.4 Å². The van der Waals surface area contributed by atoms with E-state index in [0.717, 1.165) is 77.9 Å². The Bertz CT molecular complexity index is 996. The maximum Gasteiger partial charge on any atom is 0.490 e. The summed E-state index contributed by atoms with van der Waals surface area (Å²) in [5.74, 6) is -1.75. The topological polar surface area (TPSA) is 110 Å². The molecule has 5 rings (SSSR count). The summed E-state index contributed by atoms with van der Waals surface area (Å²) in [5, 5.41) is 7.12. The van der Waals surface area contributed by atoms with Gasteiger partial charge in [0.15, 0.2) is 0 Å². The van der Waals surface area contributed by atoms with Gasteiger partial charge in [0.05, 0.1) is 5.41 Å². The SMILES string of the molecule is CCN1CCC2(CN(c3ncccn3)CC23CCN(C(=O)N2CCCC2)CC3)C1=O.O=C(O)C(F)(F)F. The molecule has 4 fully saturated rings. The Hall–Kier alpha value is -3.12. The van der Waals surface area contributed by atoms with E-state index in [4.69, 9.17) is 9.90 Å². The lowest BCUT2D eigenvalue weighted by Gasteiger charge is -2.47. The van der Waals surface area contributed by atoms with Crippen LogP contribution in [-0.2, 0) is 9.59 Å². The van der Waals surface area contributed by atoms with Crippen molar-refractivity contribution in [2.45, 2.75) is 45.2 Å². The van der Waals surface area contributed by atoms with Crippen molar-refractivity contribution in [1.82, 2.24) is 24.7 Å². The molecule has 0 radical (unpaired) electrons. The molecule has 1 aromatic rings. The summed E-state index contributed by atoms with van der Waals surface area (Å²) in [6.07, 6.45) is 3.32. The van der Waals surface area contributed by atoms with Crippen molar-refractivity contribution < 1.29 is 32.7 Å². The Labute approximate surface area is 213 Å². The third kappa shape index (κ3) is 5.04. The van der Waals surface area contributed by atoms with Crippen molar-refractivity contribution in [1.29, 1.82) is 0 Å². The summed E-state index contributed by atoms with van der Waals surface area (Å²) in [7, 11) is 0. The lowest BCUT2D eigenvalue weighted by atomic mass is 9.60. The number of hydrogen-bond acceptors (Lipinski definition) is 6. The standard InChI is InChI=1S/C22H32N6O2.C2HF3O2/c1-2-25-15-8-22(18(25)29)17-28(19-23-9-5-10-24-19)16-21(22)6-13-27(14-7-21)20(30)26-11-3-4-12-26;3-2(4,5)1(6)7/h5,9-10H,2-4,6-8,11-17H2,1H3;(H,6,7). The fraction of sp³-hybridized carbons (Fsp3) is 0.708. The van der Waals surface area contributed by atoms with Crippen molar-refractivity contribution in [3.63, 3.8) is 0 Å². The zero-order valence-corrected chi connectivity index (χ0v) is 20.9. The quantitative estimate of drug-likeness (QED) is 0.631. The van der Waals surface area contributed by atoms with E-state index in [1.165, 1.54) is 0 Å². The molecule has 1 N–H and O–H groups in total. The fourth-order valence-corrected chi connectivity index (χ4v) is 6.31. The second kappa shape index (κ2) is 10.3. The van der Waals surface area contributed by atoms with Gasteiger partial charge in [-0.2, -0.15) is 13.2 Å². The monoisotopic (exact) mass is 526 g/mol. The first-order chi connectivity index (χ1) is 17.5. The van der Waals surface area contributed by atoms with Gasteiger partial charge in [0.1, 0.15) is 0 Å². The van der Waals surface area contributed by atoms with Crippen molar-refractivity contribution in [2.75, 3.05) is 57.3 Å². The lowest BCUT2D eigenvalue weighted by Crippen LogP contribution is -2.55. The summed E-state index contributed by atoms with van der Waals surface area (Å²) in [6, 6.07) is 2.01. The first-order valence-electron chi connectivity index (χ1n) is 12.7. The number of hydrogen-bond donors (Lipinski definition) is 1. The number of urea groups is 1. The number of alkyl halides is 3. The zero-order chi connectivity index (χ0) is 26.8. The second-order valence-corrected chi connectivity index (χ2v) is 10.2. The molecule has 0 bridgehead atoms. The maximum atomic E-state index is 13.6. The Morgan fingerprint density at radius 3 is 2.05 bits per heavy atom. The molecule has 204 valence electrons. The smallest absolute Gasteiger partial charge is 0.475 e. The van der Waals surface area contributed by atoms with E-state index in [1.807, 2.05) is 20.8 Å². The van der Waals surface area contributed by atoms with Crippen LogP contribution in [0.2, 0.25) is 0 Å². The first-order valence-corrected chi connectivity index (χ1v) is 12.7. The molecule has 0 aromatic carbocycles. The van der Waals surface area contributed by atoms with Gasteiger partial charge in [0.2, 0.25) is 11.9 Å². The average molecular weight is 527 g/mol. The van der Waals surface area contributed by atoms with Gasteiger partial charge in [-0.3, -0.25) is 4.79 Å². The Balaban J connectivity index is 0.000000405. The van der Waals surface area contributed by atoms with Gasteiger partial charge in [-0.15, -0.1) is 0 Å². The molecule has 0 saturated carbocycles. The van der Waals surface area contributed by atoms with Crippen LogP contribution < -0.4 is 4.90 Å². The van der Waals surface area contributed by atoms with Gasteiger partial charge in [0, 0.05) is 70.2 Å². The number of carboxylic acids is 1. The Morgan fingerprint density at radius 1 is 0.973 bits per heavy atom. The van der Waals surface area contributed by atoms with E-state index < -0.39 is 12.1 Å². The summed E-state index contributed by atoms with van der Waals surface area (Å²) in [6.45, 7) is 8.38. The molecule has 37 heavy (non-hydrogen) atoms. The molecule has 13 heteroatoms. The van der Waals surface area contributed by atoms with E-state index in [9.17, 15) is 22.8 Å². The van der Waals surface area contributed by atoms with Gasteiger partial charge in [0.25, 0.3) is 0 Å². The van der Waals surface area contributed by atoms with Crippen LogP contribution in [0.4, 0.5) is 23.9 Å². The van der Waals surface area contributed by atoms with Crippen LogP contribution >= 0.6 is 0 Å². The number of piperidine rings is 1. The van der Waals surface area contributed by atoms with Crippen molar-refractivity contribution in [2.24, 2.45) is 10.8 Å². The second-order valence-electron chi connectivity index (χ2n) is 10.2. The number of nitrogens with zero attached hydrogens (tertiary/aromatic N) is 6.